The van der Waals surface area contributed by atoms with Gasteiger partial charge < -0.3 is 0 Å². The van der Waals surface area contributed by atoms with E-state index in [9.17, 15) is 0 Å². The third-order valence-corrected chi connectivity index (χ3v) is 8.72. The van der Waals surface area contributed by atoms with Crippen molar-refractivity contribution < 1.29 is 5.11 Å². The zero-order valence-electron chi connectivity index (χ0n) is 7.98. The van der Waals surface area contributed by atoms with Crippen LogP contribution in [0.15, 0.2) is 10.2 Å². The summed E-state index contributed by atoms with van der Waals surface area (Å²) in [6.07, 6.45) is 3.19. The minimum atomic E-state index is -1.76. The predicted molar refractivity (Wildman–Crippen MR) is 53.4 cm³/mol. The number of rotatable bonds is 5. The molecular weight excluding hydrogens is 243 g/mol. The number of hydrogen-bond acceptors (Lipinski definition) is 1. The molecule has 0 amide bonds. The van der Waals surface area contributed by atoms with E-state index in [0.717, 1.165) is 19.3 Å². The Hall–Kier alpha value is 0.499. The summed E-state index contributed by atoms with van der Waals surface area (Å²) in [5.74, 6) is 0. The third-order valence-electron chi connectivity index (χ3n) is 1.95. The number of unbranched alkanes of at least 4 members (excludes halogenated alkanes) is 1. The third kappa shape index (κ3) is 5.74. The van der Waals surface area contributed by atoms with Gasteiger partial charge in [-0.15, -0.1) is 0 Å². The van der Waals surface area contributed by atoms with Gasteiger partial charge in [-0.2, -0.15) is 0 Å². The molecule has 0 atom stereocenters. The molecule has 0 aromatic heterocycles. The molecule has 0 unspecified atom stereocenters. The van der Waals surface area contributed by atoms with Crippen molar-refractivity contribution in [2.75, 3.05) is 6.61 Å². The minimum absolute atomic E-state index is 0.326. The fraction of sp³-hybridized carbons (Fsp3) is 0.778. The van der Waals surface area contributed by atoms with Crippen LogP contribution in [0.25, 0.3) is 0 Å². The van der Waals surface area contributed by atoms with Gasteiger partial charge in [-0.1, -0.05) is 0 Å². The second kappa shape index (κ2) is 5.20. The molecule has 66 valence electrons. The molecule has 1 N–H and O–H groups in total. The Morgan fingerprint density at radius 3 is 2.18 bits per heavy atom. The average Bonchev–Trinajstić information content (AvgIpc) is 1.86. The van der Waals surface area contributed by atoms with E-state index in [2.05, 4.69) is 21.4 Å². The molecule has 0 spiro atoms. The van der Waals surface area contributed by atoms with Crippen LogP contribution in [0.3, 0.4) is 0 Å². The molecule has 0 fully saturated rings. The molecule has 1 nitrogen and oxygen atoms in total. The standard InChI is InChI=1S/C6H11O.3CH3.Sn/c1-2-3-4-5-6-7;;;;/h7H,1,3-6H2;3*1H3;. The summed E-state index contributed by atoms with van der Waals surface area (Å²) in [6, 6.07) is 0. The van der Waals surface area contributed by atoms with Crippen LogP contribution in [-0.4, -0.2) is 30.1 Å². The van der Waals surface area contributed by atoms with Gasteiger partial charge in [-0.3, -0.25) is 0 Å². The molecule has 0 aromatic carbocycles. The van der Waals surface area contributed by atoms with E-state index in [1.807, 2.05) is 0 Å². The van der Waals surface area contributed by atoms with Crippen molar-refractivity contribution in [3.63, 3.8) is 0 Å². The van der Waals surface area contributed by atoms with Crippen LogP contribution < -0.4 is 0 Å². The van der Waals surface area contributed by atoms with Gasteiger partial charge in [0.15, 0.2) is 0 Å². The van der Waals surface area contributed by atoms with Crippen LogP contribution in [0.4, 0.5) is 0 Å². The first-order valence-electron chi connectivity index (χ1n) is 4.27. The second-order valence-electron chi connectivity index (χ2n) is 4.03. The van der Waals surface area contributed by atoms with Crippen molar-refractivity contribution in [3.05, 3.63) is 10.2 Å². The molecule has 2 heteroatoms. The van der Waals surface area contributed by atoms with Crippen LogP contribution >= 0.6 is 0 Å². The molecular formula is C9H20OSn. The van der Waals surface area contributed by atoms with E-state index in [4.69, 9.17) is 5.11 Å². The normalized spacial score (nSPS) is 11.6. The Balaban J connectivity index is 3.54. The summed E-state index contributed by atoms with van der Waals surface area (Å²) in [4.78, 5) is 7.15. The van der Waals surface area contributed by atoms with Crippen LogP contribution in [0.5, 0.6) is 0 Å². The van der Waals surface area contributed by atoms with Crippen LogP contribution in [0.1, 0.15) is 19.3 Å². The number of aliphatic hydroxyl groups is 1. The Morgan fingerprint density at radius 1 is 1.27 bits per heavy atom. The van der Waals surface area contributed by atoms with Crippen molar-refractivity contribution in [2.24, 2.45) is 0 Å². The Morgan fingerprint density at radius 2 is 1.82 bits per heavy atom. The molecule has 0 saturated carbocycles. The molecule has 0 rings (SSSR count). The van der Waals surface area contributed by atoms with E-state index in [1.165, 1.54) is 3.59 Å². The van der Waals surface area contributed by atoms with Gasteiger partial charge in [-0.05, 0) is 0 Å². The second-order valence-corrected chi connectivity index (χ2v) is 18.9. The van der Waals surface area contributed by atoms with Gasteiger partial charge in [0.2, 0.25) is 0 Å². The number of allylic oxidation sites excluding steroid dienone is 1. The molecule has 0 aliphatic rings. The summed E-state index contributed by atoms with van der Waals surface area (Å²) in [5, 5.41) is 8.57. The summed E-state index contributed by atoms with van der Waals surface area (Å²) < 4.78 is 1.49. The van der Waals surface area contributed by atoms with E-state index >= 15 is 0 Å². The van der Waals surface area contributed by atoms with Crippen molar-refractivity contribution in [2.45, 2.75) is 34.1 Å². The van der Waals surface area contributed by atoms with E-state index in [1.54, 1.807) is 0 Å². The molecule has 0 aromatic rings. The van der Waals surface area contributed by atoms with Gasteiger partial charge in [0.25, 0.3) is 0 Å². The zero-order chi connectivity index (χ0) is 8.91. The summed E-state index contributed by atoms with van der Waals surface area (Å²) in [7, 11) is 0. The molecule has 0 radical (unpaired) electrons. The molecule has 11 heavy (non-hydrogen) atoms. The van der Waals surface area contributed by atoms with Gasteiger partial charge in [0.05, 0.1) is 0 Å². The van der Waals surface area contributed by atoms with Gasteiger partial charge in [0, 0.05) is 0 Å². The first-order valence-corrected chi connectivity index (χ1v) is 14.3. The van der Waals surface area contributed by atoms with E-state index < -0.39 is 18.4 Å². The monoisotopic (exact) mass is 264 g/mol. The summed E-state index contributed by atoms with van der Waals surface area (Å²) in [5.41, 5.74) is 0. The first-order chi connectivity index (χ1) is 4.98. The summed E-state index contributed by atoms with van der Waals surface area (Å²) in [6.45, 7) is 4.44. The number of aliphatic hydroxyl groups excluding tert-OH is 1. The topological polar surface area (TPSA) is 20.2 Å². The average molecular weight is 263 g/mol. The maximum absolute atomic E-state index is 8.57. The fourth-order valence-electron chi connectivity index (χ4n) is 0.825. The SMILES string of the molecule is C=[C](CCCCO)[Sn]([CH3])([CH3])[CH3]. The Bertz CT molecular complexity index is 124. The first kappa shape index (κ1) is 11.5. The maximum atomic E-state index is 8.57. The van der Waals surface area contributed by atoms with Crippen LogP contribution in [0, 0.1) is 0 Å². The van der Waals surface area contributed by atoms with E-state index in [-0.39, 0.29) is 0 Å². The zero-order valence-corrected chi connectivity index (χ0v) is 10.8. The quantitative estimate of drug-likeness (QED) is 0.597. The molecule has 0 saturated heterocycles. The number of hydrogen-bond donors (Lipinski definition) is 1. The fourth-order valence-corrected chi connectivity index (χ4v) is 3.47. The van der Waals surface area contributed by atoms with Crippen molar-refractivity contribution in [1.82, 2.24) is 0 Å². The van der Waals surface area contributed by atoms with Crippen LogP contribution in [0.2, 0.25) is 14.8 Å². The molecule has 0 bridgehead atoms. The molecule has 0 heterocycles. The Kier molecular flexibility index (Phi) is 5.43. The predicted octanol–water partition coefficient (Wildman–Crippen LogP) is 2.58. The van der Waals surface area contributed by atoms with E-state index in [0.29, 0.717) is 6.61 Å². The molecule has 0 aliphatic carbocycles. The van der Waals surface area contributed by atoms with Crippen molar-refractivity contribution >= 4 is 18.4 Å². The Labute approximate surface area is 74.4 Å². The van der Waals surface area contributed by atoms with Gasteiger partial charge in [-0.25, -0.2) is 0 Å². The molecule has 0 aliphatic heterocycles. The summed E-state index contributed by atoms with van der Waals surface area (Å²) >= 11 is -1.76. The van der Waals surface area contributed by atoms with Crippen molar-refractivity contribution in [1.29, 1.82) is 0 Å². The van der Waals surface area contributed by atoms with Gasteiger partial charge >= 0.3 is 74.3 Å². The van der Waals surface area contributed by atoms with Crippen LogP contribution in [-0.2, 0) is 0 Å². The van der Waals surface area contributed by atoms with Crippen molar-refractivity contribution in [3.8, 4) is 0 Å². The van der Waals surface area contributed by atoms with Gasteiger partial charge in [0.1, 0.15) is 0 Å².